The van der Waals surface area contributed by atoms with Crippen LogP contribution in [-0.2, 0) is 14.2 Å². The molecule has 1 amide bonds. The van der Waals surface area contributed by atoms with Gasteiger partial charge in [0, 0.05) is 32.4 Å². The number of ether oxygens (including phenoxy) is 3. The quantitative estimate of drug-likeness (QED) is 0.872. The highest BCUT2D eigenvalue weighted by atomic mass is 16.6. The van der Waals surface area contributed by atoms with Crippen LogP contribution in [0.3, 0.4) is 0 Å². The molecule has 0 aromatic carbocycles. The van der Waals surface area contributed by atoms with Gasteiger partial charge in [0.05, 0.1) is 39.1 Å². The minimum Gasteiger partial charge on any atom is -0.379 e. The van der Waals surface area contributed by atoms with Crippen LogP contribution in [0.25, 0.3) is 0 Å². The molecule has 1 aromatic rings. The molecule has 4 heterocycles. The van der Waals surface area contributed by atoms with Crippen molar-refractivity contribution in [2.45, 2.75) is 24.5 Å². The number of carbonyl (C=O) groups excluding carboxylic acids is 1. The fourth-order valence-corrected chi connectivity index (χ4v) is 4.03. The number of amides is 1. The number of rotatable bonds is 3. The summed E-state index contributed by atoms with van der Waals surface area (Å²) in [6, 6.07) is 3.67. The predicted molar refractivity (Wildman–Crippen MR) is 91.6 cm³/mol. The largest absolute Gasteiger partial charge is 0.379 e. The molecule has 1 N–H and O–H groups in total. The summed E-state index contributed by atoms with van der Waals surface area (Å²) in [5.74, 6) is 0.0232. The average Bonchev–Trinajstić information content (AvgIpc) is 3.24. The van der Waals surface area contributed by atoms with Gasteiger partial charge in [-0.05, 0) is 25.0 Å². The zero-order valence-electron chi connectivity index (χ0n) is 14.6. The van der Waals surface area contributed by atoms with Crippen molar-refractivity contribution in [1.82, 2.24) is 14.8 Å². The summed E-state index contributed by atoms with van der Waals surface area (Å²) in [7, 11) is 0. The lowest BCUT2D eigenvalue weighted by Gasteiger charge is -2.33. The highest BCUT2D eigenvalue weighted by Crippen LogP contribution is 2.33. The molecular weight excluding hydrogens is 322 g/mol. The smallest absolute Gasteiger partial charge is 0.270 e. The van der Waals surface area contributed by atoms with E-state index >= 15 is 0 Å². The molecule has 0 bridgehead atoms. The molecule has 0 saturated carbocycles. The van der Waals surface area contributed by atoms with E-state index in [-0.39, 0.29) is 17.6 Å². The highest BCUT2D eigenvalue weighted by Gasteiger charge is 2.44. The number of hydrogen-bond acceptors (Lipinski definition) is 5. The third-order valence-corrected chi connectivity index (χ3v) is 5.37. The van der Waals surface area contributed by atoms with Crippen LogP contribution >= 0.6 is 0 Å². The van der Waals surface area contributed by atoms with E-state index in [9.17, 15) is 4.79 Å². The molecule has 1 aromatic heterocycles. The second-order valence-corrected chi connectivity index (χ2v) is 7.24. The minimum atomic E-state index is -0.365. The van der Waals surface area contributed by atoms with E-state index in [4.69, 9.17) is 14.2 Å². The first kappa shape index (κ1) is 17.0. The molecule has 7 heteroatoms. The Kier molecular flexibility index (Phi) is 5.08. The van der Waals surface area contributed by atoms with E-state index in [0.29, 0.717) is 32.0 Å². The Morgan fingerprint density at radius 3 is 2.88 bits per heavy atom. The molecule has 3 aliphatic heterocycles. The Morgan fingerprint density at radius 1 is 1.24 bits per heavy atom. The lowest BCUT2D eigenvalue weighted by Crippen LogP contribution is -2.48. The Labute approximate surface area is 148 Å². The van der Waals surface area contributed by atoms with E-state index in [2.05, 4.69) is 9.88 Å². The van der Waals surface area contributed by atoms with Crippen LogP contribution in [0.1, 0.15) is 23.3 Å². The number of nitrogens with one attached hydrogen (secondary N) is 1. The van der Waals surface area contributed by atoms with Gasteiger partial charge in [-0.3, -0.25) is 9.69 Å². The molecule has 3 saturated heterocycles. The van der Waals surface area contributed by atoms with E-state index in [1.165, 1.54) is 0 Å². The number of H-pyrrole nitrogens is 1. The van der Waals surface area contributed by atoms with Crippen molar-refractivity contribution in [3.63, 3.8) is 0 Å². The second-order valence-electron chi connectivity index (χ2n) is 7.24. The van der Waals surface area contributed by atoms with Gasteiger partial charge in [0.15, 0.2) is 0 Å². The SMILES string of the molecule is O=C(c1ccc[nH]1)N1CCOC[C@@]2(CC[C@@H](CN3CCOCC3)O2)C1. The van der Waals surface area contributed by atoms with E-state index in [1.54, 1.807) is 6.20 Å². The van der Waals surface area contributed by atoms with Crippen molar-refractivity contribution in [3.05, 3.63) is 24.0 Å². The first-order valence-corrected chi connectivity index (χ1v) is 9.22. The van der Waals surface area contributed by atoms with Crippen LogP contribution in [0.15, 0.2) is 18.3 Å². The number of carbonyl (C=O) groups is 1. The fraction of sp³-hybridized carbons (Fsp3) is 0.722. The normalized spacial score (nSPS) is 31.4. The zero-order chi connectivity index (χ0) is 17.1. The predicted octanol–water partition coefficient (Wildman–Crippen LogP) is 0.737. The van der Waals surface area contributed by atoms with Crippen LogP contribution in [0.4, 0.5) is 0 Å². The van der Waals surface area contributed by atoms with Crippen molar-refractivity contribution < 1.29 is 19.0 Å². The van der Waals surface area contributed by atoms with Gasteiger partial charge in [0.2, 0.25) is 0 Å². The van der Waals surface area contributed by atoms with Gasteiger partial charge in [-0.2, -0.15) is 0 Å². The molecule has 4 rings (SSSR count). The van der Waals surface area contributed by atoms with Crippen LogP contribution in [-0.4, -0.2) is 91.5 Å². The maximum Gasteiger partial charge on any atom is 0.270 e. The zero-order valence-corrected chi connectivity index (χ0v) is 14.6. The third-order valence-electron chi connectivity index (χ3n) is 5.37. The van der Waals surface area contributed by atoms with Gasteiger partial charge in [0.1, 0.15) is 11.3 Å². The topological polar surface area (TPSA) is 67.0 Å². The summed E-state index contributed by atoms with van der Waals surface area (Å²) in [4.78, 5) is 20.0. The third kappa shape index (κ3) is 3.89. The Hall–Kier alpha value is -1.41. The second kappa shape index (κ2) is 7.45. The Bertz CT molecular complexity index is 573. The first-order valence-electron chi connectivity index (χ1n) is 9.22. The monoisotopic (exact) mass is 349 g/mol. The van der Waals surface area contributed by atoms with Crippen molar-refractivity contribution in [2.24, 2.45) is 0 Å². The summed E-state index contributed by atoms with van der Waals surface area (Å²) in [5, 5.41) is 0. The van der Waals surface area contributed by atoms with Gasteiger partial charge in [0.25, 0.3) is 5.91 Å². The van der Waals surface area contributed by atoms with E-state index < -0.39 is 0 Å². The molecule has 3 aliphatic rings. The number of morpholine rings is 1. The number of nitrogens with zero attached hydrogens (tertiary/aromatic N) is 2. The van der Waals surface area contributed by atoms with Crippen molar-refractivity contribution >= 4 is 5.91 Å². The first-order chi connectivity index (χ1) is 12.2. The van der Waals surface area contributed by atoms with Crippen LogP contribution in [0.5, 0.6) is 0 Å². The standard InChI is InChI=1S/C18H27N3O4/c22-17(16-2-1-5-19-16)21-8-11-24-14-18(13-21)4-3-15(25-18)12-20-6-9-23-10-7-20/h1-2,5,15,19H,3-4,6-14H2/t15-,18+/m0/s1. The van der Waals surface area contributed by atoms with E-state index in [0.717, 1.165) is 45.7 Å². The Balaban J connectivity index is 1.39. The molecule has 2 atom stereocenters. The van der Waals surface area contributed by atoms with Gasteiger partial charge in [-0.1, -0.05) is 0 Å². The molecule has 3 fully saturated rings. The molecule has 7 nitrogen and oxygen atoms in total. The lowest BCUT2D eigenvalue weighted by atomic mass is 10.00. The summed E-state index contributed by atoms with van der Waals surface area (Å²) in [5.41, 5.74) is 0.260. The molecule has 1 spiro atoms. The van der Waals surface area contributed by atoms with Crippen molar-refractivity contribution in [3.8, 4) is 0 Å². The van der Waals surface area contributed by atoms with Crippen molar-refractivity contribution in [1.29, 1.82) is 0 Å². The molecule has 0 aliphatic carbocycles. The minimum absolute atomic E-state index is 0.0232. The molecular formula is C18H27N3O4. The molecule has 138 valence electrons. The summed E-state index contributed by atoms with van der Waals surface area (Å²) >= 11 is 0. The lowest BCUT2D eigenvalue weighted by molar-refractivity contribution is -0.0945. The van der Waals surface area contributed by atoms with Crippen LogP contribution in [0.2, 0.25) is 0 Å². The Morgan fingerprint density at radius 2 is 2.08 bits per heavy atom. The fourth-order valence-electron chi connectivity index (χ4n) is 4.03. The number of hydrogen-bond donors (Lipinski definition) is 1. The average molecular weight is 349 g/mol. The van der Waals surface area contributed by atoms with Gasteiger partial charge in [-0.25, -0.2) is 0 Å². The molecule has 25 heavy (non-hydrogen) atoms. The maximum atomic E-state index is 12.7. The van der Waals surface area contributed by atoms with E-state index in [1.807, 2.05) is 17.0 Å². The molecule has 0 unspecified atom stereocenters. The van der Waals surface area contributed by atoms with Crippen LogP contribution in [0, 0.1) is 0 Å². The summed E-state index contributed by atoms with van der Waals surface area (Å²) < 4.78 is 17.7. The van der Waals surface area contributed by atoms with Gasteiger partial charge in [-0.15, -0.1) is 0 Å². The van der Waals surface area contributed by atoms with Crippen LogP contribution < -0.4 is 0 Å². The summed E-state index contributed by atoms with van der Waals surface area (Å²) in [6.45, 7) is 6.84. The summed E-state index contributed by atoms with van der Waals surface area (Å²) in [6.07, 6.45) is 3.95. The molecule has 0 radical (unpaired) electrons. The highest BCUT2D eigenvalue weighted by molar-refractivity contribution is 5.92. The van der Waals surface area contributed by atoms with Gasteiger partial charge < -0.3 is 24.1 Å². The number of aromatic nitrogens is 1. The number of aromatic amines is 1. The van der Waals surface area contributed by atoms with Crippen molar-refractivity contribution in [2.75, 3.05) is 59.2 Å². The van der Waals surface area contributed by atoms with Gasteiger partial charge >= 0.3 is 0 Å². The maximum absolute atomic E-state index is 12.7.